The third kappa shape index (κ3) is 3.79. The van der Waals surface area contributed by atoms with Gasteiger partial charge in [0.2, 0.25) is 5.88 Å². The van der Waals surface area contributed by atoms with Crippen molar-refractivity contribution in [1.29, 1.82) is 0 Å². The highest BCUT2D eigenvalue weighted by Crippen LogP contribution is 2.20. The molecule has 1 aromatic heterocycles. The molecule has 1 heterocycles. The highest BCUT2D eigenvalue weighted by atomic mass is 16.5. The average Bonchev–Trinajstić information content (AvgIpc) is 2.48. The third-order valence-electron chi connectivity index (χ3n) is 2.57. The summed E-state index contributed by atoms with van der Waals surface area (Å²) >= 11 is 0. The number of aromatic nitrogens is 1. The van der Waals surface area contributed by atoms with Crippen LogP contribution in [0.25, 0.3) is 0 Å². The number of ether oxygens (including phenoxy) is 2. The zero-order valence-corrected chi connectivity index (χ0v) is 11.3. The molecule has 6 heteroatoms. The van der Waals surface area contributed by atoms with E-state index in [0.29, 0.717) is 11.3 Å². The van der Waals surface area contributed by atoms with Crippen molar-refractivity contribution in [1.82, 2.24) is 4.98 Å². The van der Waals surface area contributed by atoms with E-state index in [1.807, 2.05) is 0 Å². The number of aromatic carboxylic acids is 1. The third-order valence-corrected chi connectivity index (χ3v) is 2.57. The predicted octanol–water partition coefficient (Wildman–Crippen LogP) is 2.75. The van der Waals surface area contributed by atoms with Gasteiger partial charge in [-0.1, -0.05) is 0 Å². The number of carbonyl (C=O) groups excluding carboxylic acids is 1. The van der Waals surface area contributed by atoms with Gasteiger partial charge in [0, 0.05) is 12.3 Å². The zero-order chi connectivity index (χ0) is 15.2. The number of carboxylic acid groups (broad SMARTS) is 1. The summed E-state index contributed by atoms with van der Waals surface area (Å²) in [6.07, 6.45) is 1.44. The molecule has 21 heavy (non-hydrogen) atoms. The number of pyridine rings is 1. The topological polar surface area (TPSA) is 85.7 Å². The maximum atomic E-state index is 11.6. The lowest BCUT2D eigenvalue weighted by atomic mass is 10.2. The van der Waals surface area contributed by atoms with Crippen LogP contribution in [0, 0.1) is 0 Å². The molecule has 0 aliphatic carbocycles. The molecule has 2 aromatic rings. The minimum Gasteiger partial charge on any atom is -0.478 e. The molecule has 0 unspecified atom stereocenters. The molecule has 0 atom stereocenters. The normalized spacial score (nSPS) is 9.95. The van der Waals surface area contributed by atoms with Crippen LogP contribution < -0.4 is 4.74 Å². The smallest absolute Gasteiger partial charge is 0.338 e. The Morgan fingerprint density at radius 2 is 1.86 bits per heavy atom. The quantitative estimate of drug-likeness (QED) is 0.851. The van der Waals surface area contributed by atoms with Gasteiger partial charge in [-0.2, -0.15) is 0 Å². The Bertz CT molecular complexity index is 651. The fourth-order valence-electron chi connectivity index (χ4n) is 1.59. The summed E-state index contributed by atoms with van der Waals surface area (Å²) in [5, 5.41) is 8.81. The van der Waals surface area contributed by atoms with E-state index >= 15 is 0 Å². The largest absolute Gasteiger partial charge is 0.478 e. The van der Waals surface area contributed by atoms with Crippen molar-refractivity contribution in [2.24, 2.45) is 0 Å². The van der Waals surface area contributed by atoms with E-state index in [1.54, 1.807) is 6.92 Å². The Morgan fingerprint density at radius 3 is 2.48 bits per heavy atom. The SMILES string of the molecule is CCOC(=O)c1ccnc(Oc2ccc(C(=O)O)cc2)c1. The number of benzene rings is 1. The van der Waals surface area contributed by atoms with E-state index in [9.17, 15) is 9.59 Å². The Labute approximate surface area is 121 Å². The van der Waals surface area contributed by atoms with Gasteiger partial charge in [0.15, 0.2) is 0 Å². The Kier molecular flexibility index (Phi) is 4.50. The molecule has 0 bridgehead atoms. The molecule has 0 saturated carbocycles. The van der Waals surface area contributed by atoms with Crippen LogP contribution in [-0.4, -0.2) is 28.6 Å². The lowest BCUT2D eigenvalue weighted by Crippen LogP contribution is -2.05. The molecule has 2 rings (SSSR count). The monoisotopic (exact) mass is 287 g/mol. The van der Waals surface area contributed by atoms with Gasteiger partial charge in [0.1, 0.15) is 5.75 Å². The minimum absolute atomic E-state index is 0.163. The summed E-state index contributed by atoms with van der Waals surface area (Å²) in [6.45, 7) is 2.01. The first-order chi connectivity index (χ1) is 10.1. The summed E-state index contributed by atoms with van der Waals surface area (Å²) < 4.78 is 10.4. The molecular formula is C15H13NO5. The number of carbonyl (C=O) groups is 2. The first kappa shape index (κ1) is 14.5. The number of nitrogens with zero attached hydrogens (tertiary/aromatic N) is 1. The highest BCUT2D eigenvalue weighted by Gasteiger charge is 2.09. The van der Waals surface area contributed by atoms with Crippen molar-refractivity contribution in [2.75, 3.05) is 6.61 Å². The van der Waals surface area contributed by atoms with Crippen LogP contribution in [0.4, 0.5) is 0 Å². The van der Waals surface area contributed by atoms with E-state index < -0.39 is 11.9 Å². The van der Waals surface area contributed by atoms with Crippen LogP contribution in [0.3, 0.4) is 0 Å². The second kappa shape index (κ2) is 6.51. The Hall–Kier alpha value is -2.89. The van der Waals surface area contributed by atoms with Crippen molar-refractivity contribution in [3.63, 3.8) is 0 Å². The van der Waals surface area contributed by atoms with Crippen molar-refractivity contribution >= 4 is 11.9 Å². The van der Waals surface area contributed by atoms with Gasteiger partial charge in [-0.15, -0.1) is 0 Å². The highest BCUT2D eigenvalue weighted by molar-refractivity contribution is 5.89. The zero-order valence-electron chi connectivity index (χ0n) is 11.3. The fraction of sp³-hybridized carbons (Fsp3) is 0.133. The van der Waals surface area contributed by atoms with E-state index in [0.717, 1.165) is 0 Å². The second-order valence-corrected chi connectivity index (χ2v) is 4.03. The van der Waals surface area contributed by atoms with Crippen molar-refractivity contribution in [3.8, 4) is 11.6 Å². The molecule has 0 amide bonds. The van der Waals surface area contributed by atoms with Crippen molar-refractivity contribution < 1.29 is 24.2 Å². The molecule has 1 aromatic carbocycles. The van der Waals surface area contributed by atoms with Crippen LogP contribution in [-0.2, 0) is 4.74 Å². The summed E-state index contributed by atoms with van der Waals surface area (Å²) in [6, 6.07) is 8.87. The van der Waals surface area contributed by atoms with Crippen molar-refractivity contribution in [3.05, 3.63) is 53.7 Å². The molecule has 0 aliphatic heterocycles. The molecule has 1 N–H and O–H groups in total. The summed E-state index contributed by atoms with van der Waals surface area (Å²) in [5.74, 6) is -0.813. The van der Waals surface area contributed by atoms with Crippen LogP contribution >= 0.6 is 0 Å². The van der Waals surface area contributed by atoms with Crippen LogP contribution in [0.15, 0.2) is 42.6 Å². The molecular weight excluding hydrogens is 274 g/mol. The second-order valence-electron chi connectivity index (χ2n) is 4.03. The maximum Gasteiger partial charge on any atom is 0.338 e. The number of esters is 1. The van der Waals surface area contributed by atoms with E-state index in [4.69, 9.17) is 14.6 Å². The molecule has 108 valence electrons. The number of hydrogen-bond donors (Lipinski definition) is 1. The molecule has 0 radical (unpaired) electrons. The Morgan fingerprint density at radius 1 is 1.14 bits per heavy atom. The van der Waals surface area contributed by atoms with E-state index in [2.05, 4.69) is 4.98 Å². The van der Waals surface area contributed by atoms with Crippen LogP contribution in [0.5, 0.6) is 11.6 Å². The molecule has 0 aliphatic rings. The van der Waals surface area contributed by atoms with E-state index in [1.165, 1.54) is 42.6 Å². The summed E-state index contributed by atoms with van der Waals surface area (Å²) in [5.41, 5.74) is 0.500. The Balaban J connectivity index is 2.14. The summed E-state index contributed by atoms with van der Waals surface area (Å²) in [7, 11) is 0. The van der Waals surface area contributed by atoms with Gasteiger partial charge in [-0.25, -0.2) is 14.6 Å². The van der Waals surface area contributed by atoms with Gasteiger partial charge in [-0.05, 0) is 37.3 Å². The lowest BCUT2D eigenvalue weighted by Gasteiger charge is -2.06. The maximum absolute atomic E-state index is 11.6. The molecule has 0 fully saturated rings. The first-order valence-corrected chi connectivity index (χ1v) is 6.24. The van der Waals surface area contributed by atoms with Gasteiger partial charge in [0.05, 0.1) is 17.7 Å². The number of rotatable bonds is 5. The predicted molar refractivity (Wildman–Crippen MR) is 73.7 cm³/mol. The van der Waals surface area contributed by atoms with Gasteiger partial charge < -0.3 is 14.6 Å². The minimum atomic E-state index is -1.01. The standard InChI is InChI=1S/C15H13NO5/c1-2-20-15(19)11-7-8-16-13(9-11)21-12-5-3-10(4-6-12)14(17)18/h3-9H,2H2,1H3,(H,17,18). The molecule has 0 spiro atoms. The van der Waals surface area contributed by atoms with Crippen LogP contribution in [0.1, 0.15) is 27.6 Å². The molecule has 0 saturated heterocycles. The lowest BCUT2D eigenvalue weighted by molar-refractivity contribution is 0.0525. The van der Waals surface area contributed by atoms with Gasteiger partial charge in [-0.3, -0.25) is 0 Å². The average molecular weight is 287 g/mol. The molecule has 6 nitrogen and oxygen atoms in total. The van der Waals surface area contributed by atoms with Gasteiger partial charge >= 0.3 is 11.9 Å². The number of hydrogen-bond acceptors (Lipinski definition) is 5. The fourth-order valence-corrected chi connectivity index (χ4v) is 1.59. The van der Waals surface area contributed by atoms with E-state index in [-0.39, 0.29) is 18.1 Å². The summed E-state index contributed by atoms with van der Waals surface area (Å²) in [4.78, 5) is 26.3. The van der Waals surface area contributed by atoms with Crippen molar-refractivity contribution in [2.45, 2.75) is 6.92 Å². The van der Waals surface area contributed by atoms with Crippen LogP contribution in [0.2, 0.25) is 0 Å². The number of carboxylic acids is 1. The van der Waals surface area contributed by atoms with Gasteiger partial charge in [0.25, 0.3) is 0 Å². The first-order valence-electron chi connectivity index (χ1n) is 6.24.